The highest BCUT2D eigenvalue weighted by Gasteiger charge is 2.18. The van der Waals surface area contributed by atoms with Crippen molar-refractivity contribution >= 4 is 6.29 Å². The Bertz CT molecular complexity index is 280. The number of hydrogen-bond acceptors (Lipinski definition) is 3. The molecular formula is C11H14O3. The summed E-state index contributed by atoms with van der Waals surface area (Å²) < 4.78 is 5.19. The van der Waals surface area contributed by atoms with Crippen LogP contribution in [0.5, 0.6) is 0 Å². The zero-order valence-corrected chi connectivity index (χ0v) is 8.14. The molecule has 0 aliphatic carbocycles. The molecule has 0 amide bonds. The average molecular weight is 194 g/mol. The van der Waals surface area contributed by atoms with Crippen LogP contribution >= 0.6 is 0 Å². The molecule has 1 N–H and O–H groups in total. The first kappa shape index (κ1) is 10.9. The number of aldehydes is 1. The average Bonchev–Trinajstić information content (AvgIpc) is 2.19. The van der Waals surface area contributed by atoms with Gasteiger partial charge in [0.05, 0.1) is 13.2 Å². The van der Waals surface area contributed by atoms with Crippen LogP contribution < -0.4 is 0 Å². The molecule has 1 atom stereocenters. The second kappa shape index (κ2) is 4.88. The van der Waals surface area contributed by atoms with Crippen molar-refractivity contribution in [3.8, 4) is 0 Å². The highest BCUT2D eigenvalue weighted by molar-refractivity contribution is 5.61. The van der Waals surface area contributed by atoms with Crippen molar-refractivity contribution in [3.63, 3.8) is 0 Å². The number of aliphatic hydroxyl groups is 1. The van der Waals surface area contributed by atoms with Crippen LogP contribution in [0, 0.1) is 0 Å². The second-order valence-corrected chi connectivity index (χ2v) is 3.45. The molecular weight excluding hydrogens is 180 g/mol. The van der Waals surface area contributed by atoms with E-state index in [0.717, 1.165) is 5.56 Å². The number of carbonyl (C=O) groups is 1. The molecule has 0 saturated heterocycles. The van der Waals surface area contributed by atoms with Gasteiger partial charge in [-0.2, -0.15) is 0 Å². The highest BCUT2D eigenvalue weighted by Crippen LogP contribution is 2.04. The van der Waals surface area contributed by atoms with Crippen LogP contribution in [-0.4, -0.2) is 23.6 Å². The summed E-state index contributed by atoms with van der Waals surface area (Å²) in [4.78, 5) is 10.3. The minimum absolute atomic E-state index is 0.0192. The summed E-state index contributed by atoms with van der Waals surface area (Å²) in [6.45, 7) is 1.85. The van der Waals surface area contributed by atoms with E-state index in [9.17, 15) is 9.90 Å². The summed E-state index contributed by atoms with van der Waals surface area (Å²) >= 11 is 0. The van der Waals surface area contributed by atoms with Gasteiger partial charge in [-0.25, -0.2) is 0 Å². The molecule has 3 nitrogen and oxygen atoms in total. The molecule has 3 heteroatoms. The van der Waals surface area contributed by atoms with Crippen molar-refractivity contribution in [1.82, 2.24) is 0 Å². The van der Waals surface area contributed by atoms with Crippen LogP contribution in [0.25, 0.3) is 0 Å². The minimum atomic E-state index is -1.38. The van der Waals surface area contributed by atoms with Gasteiger partial charge in [0.25, 0.3) is 0 Å². The van der Waals surface area contributed by atoms with Crippen LogP contribution in [0.2, 0.25) is 0 Å². The van der Waals surface area contributed by atoms with E-state index in [4.69, 9.17) is 4.74 Å². The molecule has 0 aliphatic heterocycles. The van der Waals surface area contributed by atoms with Gasteiger partial charge in [0.15, 0.2) is 6.29 Å². The third kappa shape index (κ3) is 3.68. The molecule has 0 saturated carbocycles. The summed E-state index contributed by atoms with van der Waals surface area (Å²) in [5.74, 6) is 0. The van der Waals surface area contributed by atoms with Crippen molar-refractivity contribution < 1.29 is 14.6 Å². The van der Waals surface area contributed by atoms with E-state index in [1.54, 1.807) is 0 Å². The molecule has 0 fully saturated rings. The van der Waals surface area contributed by atoms with Gasteiger partial charge in [-0.05, 0) is 12.5 Å². The molecule has 0 bridgehead atoms. The lowest BCUT2D eigenvalue weighted by Crippen LogP contribution is -2.32. The maximum Gasteiger partial charge on any atom is 0.153 e. The topological polar surface area (TPSA) is 46.5 Å². The largest absolute Gasteiger partial charge is 0.380 e. The third-order valence-electron chi connectivity index (χ3n) is 1.76. The van der Waals surface area contributed by atoms with E-state index in [1.165, 1.54) is 6.92 Å². The highest BCUT2D eigenvalue weighted by atomic mass is 16.5. The lowest BCUT2D eigenvalue weighted by atomic mass is 10.1. The van der Waals surface area contributed by atoms with Crippen molar-refractivity contribution in [2.24, 2.45) is 0 Å². The van der Waals surface area contributed by atoms with Crippen molar-refractivity contribution in [2.45, 2.75) is 19.1 Å². The minimum Gasteiger partial charge on any atom is -0.380 e. The Kier molecular flexibility index (Phi) is 3.80. The van der Waals surface area contributed by atoms with Crippen LogP contribution in [-0.2, 0) is 16.1 Å². The fraction of sp³-hybridized carbons (Fsp3) is 0.364. The normalized spacial score (nSPS) is 14.7. The maximum absolute atomic E-state index is 10.3. The summed E-state index contributed by atoms with van der Waals surface area (Å²) in [6.07, 6.45) is 0.484. The van der Waals surface area contributed by atoms with E-state index < -0.39 is 5.60 Å². The van der Waals surface area contributed by atoms with Gasteiger partial charge in [-0.3, -0.25) is 0 Å². The van der Waals surface area contributed by atoms with E-state index >= 15 is 0 Å². The van der Waals surface area contributed by atoms with Crippen LogP contribution in [0.4, 0.5) is 0 Å². The summed E-state index contributed by atoms with van der Waals surface area (Å²) in [6, 6.07) is 9.60. The van der Waals surface area contributed by atoms with E-state index in [2.05, 4.69) is 0 Å². The van der Waals surface area contributed by atoms with Crippen LogP contribution in [0.3, 0.4) is 0 Å². The van der Waals surface area contributed by atoms with Gasteiger partial charge in [0.2, 0.25) is 0 Å². The Morgan fingerprint density at radius 1 is 1.43 bits per heavy atom. The van der Waals surface area contributed by atoms with Crippen molar-refractivity contribution in [1.29, 1.82) is 0 Å². The predicted octanol–water partition coefficient (Wildman–Crippen LogP) is 1.15. The molecule has 0 radical (unpaired) electrons. The van der Waals surface area contributed by atoms with Crippen LogP contribution in [0.15, 0.2) is 30.3 Å². The lowest BCUT2D eigenvalue weighted by Gasteiger charge is -2.15. The zero-order chi connectivity index (χ0) is 10.4. The summed E-state index contributed by atoms with van der Waals surface area (Å²) in [5, 5.41) is 9.31. The van der Waals surface area contributed by atoms with E-state index in [1.807, 2.05) is 30.3 Å². The molecule has 0 aliphatic rings. The number of carbonyl (C=O) groups excluding carboxylic acids is 1. The molecule has 1 aromatic carbocycles. The first-order valence-electron chi connectivity index (χ1n) is 4.44. The second-order valence-electron chi connectivity index (χ2n) is 3.45. The smallest absolute Gasteiger partial charge is 0.153 e. The maximum atomic E-state index is 10.3. The fourth-order valence-corrected chi connectivity index (χ4v) is 0.984. The SMILES string of the molecule is CC(O)(C=O)COCc1ccccc1. The van der Waals surface area contributed by atoms with Gasteiger partial charge in [-0.15, -0.1) is 0 Å². The molecule has 14 heavy (non-hydrogen) atoms. The Morgan fingerprint density at radius 3 is 2.64 bits per heavy atom. The first-order valence-corrected chi connectivity index (χ1v) is 4.44. The van der Waals surface area contributed by atoms with Gasteiger partial charge < -0.3 is 14.6 Å². The van der Waals surface area contributed by atoms with Gasteiger partial charge in [0.1, 0.15) is 5.60 Å². The standard InChI is InChI=1S/C11H14O3/c1-11(13,8-12)9-14-7-10-5-3-2-4-6-10/h2-6,8,13H,7,9H2,1H3. The van der Waals surface area contributed by atoms with Crippen molar-refractivity contribution in [2.75, 3.05) is 6.61 Å². The molecule has 1 rings (SSSR count). The molecule has 0 spiro atoms. The van der Waals surface area contributed by atoms with Crippen molar-refractivity contribution in [3.05, 3.63) is 35.9 Å². The van der Waals surface area contributed by atoms with Gasteiger partial charge in [-0.1, -0.05) is 30.3 Å². The Morgan fingerprint density at radius 2 is 2.07 bits per heavy atom. The molecule has 76 valence electrons. The Balaban J connectivity index is 2.32. The third-order valence-corrected chi connectivity index (χ3v) is 1.76. The summed E-state index contributed by atoms with van der Waals surface area (Å²) in [7, 11) is 0. The monoisotopic (exact) mass is 194 g/mol. The number of benzene rings is 1. The molecule has 0 aromatic heterocycles. The fourth-order valence-electron chi connectivity index (χ4n) is 0.984. The molecule has 1 aromatic rings. The lowest BCUT2D eigenvalue weighted by molar-refractivity contribution is -0.128. The van der Waals surface area contributed by atoms with E-state index in [0.29, 0.717) is 12.9 Å². The molecule has 1 unspecified atom stereocenters. The molecule has 0 heterocycles. The summed E-state index contributed by atoms with van der Waals surface area (Å²) in [5.41, 5.74) is -0.358. The number of rotatable bonds is 5. The number of hydrogen-bond donors (Lipinski definition) is 1. The quantitative estimate of drug-likeness (QED) is 0.715. The Hall–Kier alpha value is -1.19. The zero-order valence-electron chi connectivity index (χ0n) is 8.14. The first-order chi connectivity index (χ1) is 6.64. The van der Waals surface area contributed by atoms with Gasteiger partial charge >= 0.3 is 0 Å². The Labute approximate surface area is 83.3 Å². The van der Waals surface area contributed by atoms with Crippen LogP contribution in [0.1, 0.15) is 12.5 Å². The predicted molar refractivity (Wildman–Crippen MR) is 52.8 cm³/mol. The number of ether oxygens (including phenoxy) is 1. The van der Waals surface area contributed by atoms with Gasteiger partial charge in [0, 0.05) is 0 Å². The van der Waals surface area contributed by atoms with E-state index in [-0.39, 0.29) is 6.61 Å².